The molecule has 2 saturated heterocycles. The van der Waals surface area contributed by atoms with Gasteiger partial charge < -0.3 is 19.7 Å². The van der Waals surface area contributed by atoms with Gasteiger partial charge in [0.15, 0.2) is 5.75 Å². The van der Waals surface area contributed by atoms with Gasteiger partial charge >= 0.3 is 0 Å². The molecule has 1 unspecified atom stereocenters. The zero-order valence-electron chi connectivity index (χ0n) is 13.5. The Kier molecular flexibility index (Phi) is 5.27. The molecule has 1 atom stereocenters. The third kappa shape index (κ3) is 4.10. The number of aromatic nitrogens is 2. The minimum atomic E-state index is -0.00250. The standard InChI is InChI=1S/C16H24N4O3/c1-22-14-9-17-16(18-10-14)20-6-2-3-12(11-20)15(21)19-13-4-7-23-8-5-13/h9-10,12-13H,2-8,11H2,1H3,(H,19,21). The number of methoxy groups -OCH3 is 1. The Morgan fingerprint density at radius 3 is 2.74 bits per heavy atom. The number of hydrogen-bond acceptors (Lipinski definition) is 6. The summed E-state index contributed by atoms with van der Waals surface area (Å²) in [7, 11) is 1.59. The summed E-state index contributed by atoms with van der Waals surface area (Å²) in [5.41, 5.74) is 0. The van der Waals surface area contributed by atoms with Gasteiger partial charge in [-0.15, -0.1) is 0 Å². The number of carbonyl (C=O) groups excluding carboxylic acids is 1. The minimum absolute atomic E-state index is 0.00250. The summed E-state index contributed by atoms with van der Waals surface area (Å²) in [6, 6.07) is 0.254. The van der Waals surface area contributed by atoms with Crippen molar-refractivity contribution in [2.75, 3.05) is 38.3 Å². The van der Waals surface area contributed by atoms with Crippen molar-refractivity contribution in [1.29, 1.82) is 0 Å². The van der Waals surface area contributed by atoms with Gasteiger partial charge in [-0.25, -0.2) is 9.97 Å². The Hall–Kier alpha value is -1.89. The van der Waals surface area contributed by atoms with E-state index in [-0.39, 0.29) is 17.9 Å². The average molecular weight is 320 g/mol. The number of rotatable bonds is 4. The normalized spacial score (nSPS) is 22.7. The lowest BCUT2D eigenvalue weighted by atomic mass is 9.96. The lowest BCUT2D eigenvalue weighted by Gasteiger charge is -2.33. The van der Waals surface area contributed by atoms with Crippen LogP contribution in [0.4, 0.5) is 5.95 Å². The monoisotopic (exact) mass is 320 g/mol. The molecule has 2 aliphatic rings. The van der Waals surface area contributed by atoms with Gasteiger partial charge in [-0.1, -0.05) is 0 Å². The van der Waals surface area contributed by atoms with Gasteiger partial charge in [0.1, 0.15) is 0 Å². The highest BCUT2D eigenvalue weighted by Gasteiger charge is 2.28. The predicted octanol–water partition coefficient (Wildman–Crippen LogP) is 0.997. The summed E-state index contributed by atoms with van der Waals surface area (Å²) in [5, 5.41) is 3.17. The maximum absolute atomic E-state index is 12.5. The van der Waals surface area contributed by atoms with Crippen molar-refractivity contribution in [3.63, 3.8) is 0 Å². The van der Waals surface area contributed by atoms with E-state index in [4.69, 9.17) is 9.47 Å². The van der Waals surface area contributed by atoms with Crippen LogP contribution in [0.1, 0.15) is 25.7 Å². The molecule has 3 rings (SSSR count). The Balaban J connectivity index is 1.57. The van der Waals surface area contributed by atoms with Gasteiger partial charge in [-0.2, -0.15) is 0 Å². The summed E-state index contributed by atoms with van der Waals surface area (Å²) in [6.45, 7) is 3.03. The van der Waals surface area contributed by atoms with Crippen LogP contribution in [-0.4, -0.2) is 55.3 Å². The fourth-order valence-corrected chi connectivity index (χ4v) is 3.11. The van der Waals surface area contributed by atoms with Gasteiger partial charge in [0, 0.05) is 32.3 Å². The van der Waals surface area contributed by atoms with E-state index in [1.165, 1.54) is 0 Å². The third-order valence-corrected chi connectivity index (χ3v) is 4.49. The lowest BCUT2D eigenvalue weighted by Crippen LogP contribution is -2.47. The Labute approximate surface area is 136 Å². The molecule has 0 saturated carbocycles. The minimum Gasteiger partial charge on any atom is -0.494 e. The number of amides is 1. The van der Waals surface area contributed by atoms with Crippen molar-refractivity contribution >= 4 is 11.9 Å². The summed E-state index contributed by atoms with van der Waals surface area (Å²) in [6.07, 6.45) is 7.03. The van der Waals surface area contributed by atoms with Crippen LogP contribution in [0, 0.1) is 5.92 Å². The molecule has 3 heterocycles. The average Bonchev–Trinajstić information content (AvgIpc) is 2.63. The number of nitrogens with zero attached hydrogens (tertiary/aromatic N) is 3. The first kappa shape index (κ1) is 16.0. The van der Waals surface area contributed by atoms with Crippen molar-refractivity contribution in [2.45, 2.75) is 31.7 Å². The number of carbonyl (C=O) groups is 1. The van der Waals surface area contributed by atoms with Crippen LogP contribution in [0.15, 0.2) is 12.4 Å². The number of anilines is 1. The molecule has 1 amide bonds. The van der Waals surface area contributed by atoms with Gasteiger partial charge in [0.25, 0.3) is 0 Å². The molecule has 0 bridgehead atoms. The molecule has 0 aliphatic carbocycles. The van der Waals surface area contributed by atoms with Gasteiger partial charge in [-0.05, 0) is 25.7 Å². The molecule has 2 aliphatic heterocycles. The van der Waals surface area contributed by atoms with Crippen molar-refractivity contribution in [3.8, 4) is 5.75 Å². The Morgan fingerprint density at radius 1 is 1.30 bits per heavy atom. The number of piperidine rings is 1. The zero-order valence-corrected chi connectivity index (χ0v) is 13.5. The summed E-state index contributed by atoms with van der Waals surface area (Å²) in [5.74, 6) is 1.45. The lowest BCUT2D eigenvalue weighted by molar-refractivity contribution is -0.126. The first-order chi connectivity index (χ1) is 11.3. The number of ether oxygens (including phenoxy) is 2. The van der Waals surface area contributed by atoms with Crippen LogP contribution >= 0.6 is 0 Å². The highest BCUT2D eigenvalue weighted by atomic mass is 16.5. The van der Waals surface area contributed by atoms with E-state index < -0.39 is 0 Å². The van der Waals surface area contributed by atoms with Crippen LogP contribution in [-0.2, 0) is 9.53 Å². The smallest absolute Gasteiger partial charge is 0.225 e. The van der Waals surface area contributed by atoms with Crippen molar-refractivity contribution in [3.05, 3.63) is 12.4 Å². The fraction of sp³-hybridized carbons (Fsp3) is 0.688. The molecule has 0 spiro atoms. The molecule has 7 nitrogen and oxygen atoms in total. The van der Waals surface area contributed by atoms with Crippen LogP contribution < -0.4 is 15.0 Å². The molecule has 7 heteroatoms. The van der Waals surface area contributed by atoms with Crippen molar-refractivity contribution in [1.82, 2.24) is 15.3 Å². The topological polar surface area (TPSA) is 76.6 Å². The van der Waals surface area contributed by atoms with Crippen LogP contribution in [0.5, 0.6) is 5.75 Å². The second-order valence-electron chi connectivity index (χ2n) is 6.10. The van der Waals surface area contributed by atoms with E-state index in [2.05, 4.69) is 20.2 Å². The third-order valence-electron chi connectivity index (χ3n) is 4.49. The summed E-state index contributed by atoms with van der Waals surface area (Å²) >= 11 is 0. The van der Waals surface area contributed by atoms with E-state index in [0.29, 0.717) is 18.2 Å². The van der Waals surface area contributed by atoms with Gasteiger partial charge in [-0.3, -0.25) is 4.79 Å². The zero-order chi connectivity index (χ0) is 16.1. The first-order valence-electron chi connectivity index (χ1n) is 8.25. The quantitative estimate of drug-likeness (QED) is 0.892. The predicted molar refractivity (Wildman–Crippen MR) is 85.5 cm³/mol. The highest BCUT2D eigenvalue weighted by Crippen LogP contribution is 2.22. The van der Waals surface area contributed by atoms with E-state index in [1.807, 2.05) is 0 Å². The van der Waals surface area contributed by atoms with Gasteiger partial charge in [0.2, 0.25) is 11.9 Å². The van der Waals surface area contributed by atoms with Crippen molar-refractivity contribution in [2.24, 2.45) is 5.92 Å². The molecular weight excluding hydrogens is 296 g/mol. The van der Waals surface area contributed by atoms with Crippen molar-refractivity contribution < 1.29 is 14.3 Å². The second kappa shape index (κ2) is 7.59. The molecule has 1 aromatic heterocycles. The molecule has 23 heavy (non-hydrogen) atoms. The molecular formula is C16H24N4O3. The fourth-order valence-electron chi connectivity index (χ4n) is 3.11. The largest absolute Gasteiger partial charge is 0.494 e. The Bertz CT molecular complexity index is 517. The maximum atomic E-state index is 12.5. The molecule has 1 aromatic rings. The number of hydrogen-bond donors (Lipinski definition) is 1. The first-order valence-corrected chi connectivity index (χ1v) is 8.25. The second-order valence-corrected chi connectivity index (χ2v) is 6.10. The van der Waals surface area contributed by atoms with E-state index in [1.54, 1.807) is 19.5 Å². The number of nitrogens with one attached hydrogen (secondary N) is 1. The van der Waals surface area contributed by atoms with Crippen LogP contribution in [0.3, 0.4) is 0 Å². The Morgan fingerprint density at radius 2 is 2.04 bits per heavy atom. The summed E-state index contributed by atoms with van der Waals surface area (Å²) in [4.78, 5) is 23.2. The van der Waals surface area contributed by atoms with E-state index >= 15 is 0 Å². The van der Waals surface area contributed by atoms with Gasteiger partial charge in [0.05, 0.1) is 25.4 Å². The molecule has 0 radical (unpaired) electrons. The van der Waals surface area contributed by atoms with E-state index in [0.717, 1.165) is 45.4 Å². The maximum Gasteiger partial charge on any atom is 0.225 e. The summed E-state index contributed by atoms with van der Waals surface area (Å²) < 4.78 is 10.4. The molecule has 0 aromatic carbocycles. The van der Waals surface area contributed by atoms with Crippen LogP contribution in [0.25, 0.3) is 0 Å². The molecule has 126 valence electrons. The molecule has 2 fully saturated rings. The van der Waals surface area contributed by atoms with Crippen LogP contribution in [0.2, 0.25) is 0 Å². The molecule has 1 N–H and O–H groups in total. The van der Waals surface area contributed by atoms with E-state index in [9.17, 15) is 4.79 Å². The SMILES string of the molecule is COc1cnc(N2CCCC(C(=O)NC3CCOCC3)C2)nc1. The highest BCUT2D eigenvalue weighted by molar-refractivity contribution is 5.79.